The third-order valence-corrected chi connectivity index (χ3v) is 7.46. The molecule has 6 nitrogen and oxygen atoms in total. The zero-order valence-electron chi connectivity index (χ0n) is 22.0. The lowest BCUT2D eigenvalue weighted by Crippen LogP contribution is -2.51. The molecule has 3 aromatic carbocycles. The van der Waals surface area contributed by atoms with Crippen LogP contribution >= 0.6 is 0 Å². The SMILES string of the molecule is CNC(=O)c1cccc(-c2cccc(CC(O)(C(=O)Nc3ccc(C#N)c(C(F)(F)F)c3)C3CCCCC3)c2)c1. The Morgan fingerprint density at radius 2 is 1.65 bits per heavy atom. The molecule has 2 amide bonds. The summed E-state index contributed by atoms with van der Waals surface area (Å²) in [6.45, 7) is 0. The monoisotopic (exact) mass is 549 g/mol. The molecule has 0 bridgehead atoms. The van der Waals surface area contributed by atoms with Crippen LogP contribution in [0.4, 0.5) is 18.9 Å². The van der Waals surface area contributed by atoms with E-state index in [2.05, 4.69) is 10.6 Å². The van der Waals surface area contributed by atoms with E-state index in [9.17, 15) is 27.9 Å². The van der Waals surface area contributed by atoms with Crippen LogP contribution < -0.4 is 10.6 Å². The number of nitriles is 1. The Kier molecular flexibility index (Phi) is 8.60. The first-order valence-electron chi connectivity index (χ1n) is 13.1. The van der Waals surface area contributed by atoms with Gasteiger partial charge in [0.1, 0.15) is 5.60 Å². The topological polar surface area (TPSA) is 102 Å². The molecule has 4 rings (SSSR count). The molecule has 1 saturated carbocycles. The van der Waals surface area contributed by atoms with Crippen LogP contribution in [0.15, 0.2) is 66.7 Å². The van der Waals surface area contributed by atoms with E-state index in [1.807, 2.05) is 18.2 Å². The van der Waals surface area contributed by atoms with Crippen molar-refractivity contribution in [1.82, 2.24) is 5.32 Å². The molecule has 0 aromatic heterocycles. The number of rotatable bonds is 7. The van der Waals surface area contributed by atoms with Gasteiger partial charge in [-0.05, 0) is 65.8 Å². The summed E-state index contributed by atoms with van der Waals surface area (Å²) in [5, 5.41) is 26.1. The molecule has 0 spiro atoms. The number of alkyl halides is 3. The maximum atomic E-state index is 13.6. The first-order chi connectivity index (χ1) is 19.0. The van der Waals surface area contributed by atoms with Crippen molar-refractivity contribution in [3.05, 3.63) is 89.0 Å². The average molecular weight is 550 g/mol. The van der Waals surface area contributed by atoms with Crippen molar-refractivity contribution in [2.24, 2.45) is 5.92 Å². The van der Waals surface area contributed by atoms with Crippen molar-refractivity contribution in [3.63, 3.8) is 0 Å². The molecular weight excluding hydrogens is 519 g/mol. The minimum absolute atomic E-state index is 0.0467. The molecule has 9 heteroatoms. The van der Waals surface area contributed by atoms with Gasteiger partial charge in [-0.15, -0.1) is 0 Å². The first kappa shape index (κ1) is 28.8. The highest BCUT2D eigenvalue weighted by Gasteiger charge is 2.44. The number of anilines is 1. The van der Waals surface area contributed by atoms with Crippen LogP contribution in [0.2, 0.25) is 0 Å². The van der Waals surface area contributed by atoms with Gasteiger partial charge in [0.2, 0.25) is 0 Å². The van der Waals surface area contributed by atoms with Crippen LogP contribution in [-0.4, -0.2) is 29.6 Å². The number of carbonyl (C=O) groups excluding carboxylic acids is 2. The van der Waals surface area contributed by atoms with Gasteiger partial charge < -0.3 is 15.7 Å². The molecule has 1 fully saturated rings. The molecular formula is C31H30F3N3O3. The number of carbonyl (C=O) groups is 2. The fourth-order valence-corrected chi connectivity index (χ4v) is 5.34. The lowest BCUT2D eigenvalue weighted by atomic mass is 9.73. The molecule has 1 aliphatic carbocycles. The van der Waals surface area contributed by atoms with Crippen LogP contribution in [0.1, 0.15) is 59.2 Å². The molecule has 1 unspecified atom stereocenters. The normalized spacial score (nSPS) is 15.5. The van der Waals surface area contributed by atoms with Gasteiger partial charge in [0.05, 0.1) is 17.2 Å². The molecule has 40 heavy (non-hydrogen) atoms. The molecule has 1 atom stereocenters. The zero-order chi connectivity index (χ0) is 28.9. The number of halogens is 3. The lowest BCUT2D eigenvalue weighted by Gasteiger charge is -2.37. The summed E-state index contributed by atoms with van der Waals surface area (Å²) in [6, 6.07) is 18.8. The second-order valence-electron chi connectivity index (χ2n) is 10.1. The summed E-state index contributed by atoms with van der Waals surface area (Å²) in [6.07, 6.45) is -0.951. The number of hydrogen-bond donors (Lipinski definition) is 3. The van der Waals surface area contributed by atoms with Crippen molar-refractivity contribution in [1.29, 1.82) is 5.26 Å². The van der Waals surface area contributed by atoms with Gasteiger partial charge in [-0.1, -0.05) is 55.7 Å². The second kappa shape index (κ2) is 11.9. The Hall–Kier alpha value is -4.16. The Balaban J connectivity index is 1.66. The van der Waals surface area contributed by atoms with Crippen molar-refractivity contribution in [2.45, 2.75) is 50.3 Å². The largest absolute Gasteiger partial charge is 0.417 e. The van der Waals surface area contributed by atoms with E-state index >= 15 is 0 Å². The van der Waals surface area contributed by atoms with E-state index in [1.54, 1.807) is 37.4 Å². The molecule has 0 saturated heterocycles. The third-order valence-electron chi connectivity index (χ3n) is 7.46. The summed E-state index contributed by atoms with van der Waals surface area (Å²) in [5.74, 6) is -1.40. The highest BCUT2D eigenvalue weighted by Crippen LogP contribution is 2.38. The van der Waals surface area contributed by atoms with Crippen LogP contribution in [0.25, 0.3) is 11.1 Å². The van der Waals surface area contributed by atoms with E-state index in [4.69, 9.17) is 5.26 Å². The predicted molar refractivity (Wildman–Crippen MR) is 145 cm³/mol. The van der Waals surface area contributed by atoms with E-state index in [0.717, 1.165) is 42.5 Å². The van der Waals surface area contributed by atoms with Crippen LogP contribution in [-0.2, 0) is 17.4 Å². The van der Waals surface area contributed by atoms with Crippen molar-refractivity contribution < 1.29 is 27.9 Å². The molecule has 0 heterocycles. The summed E-state index contributed by atoms with van der Waals surface area (Å²) >= 11 is 0. The highest BCUT2D eigenvalue weighted by molar-refractivity contribution is 5.98. The van der Waals surface area contributed by atoms with Gasteiger partial charge in [-0.25, -0.2) is 0 Å². The number of amides is 2. The molecule has 3 N–H and O–H groups in total. The highest BCUT2D eigenvalue weighted by atomic mass is 19.4. The summed E-state index contributed by atoms with van der Waals surface area (Å²) in [7, 11) is 1.55. The lowest BCUT2D eigenvalue weighted by molar-refractivity contribution is -0.142. The number of nitrogens with zero attached hydrogens (tertiary/aromatic N) is 1. The average Bonchev–Trinajstić information content (AvgIpc) is 2.96. The zero-order valence-corrected chi connectivity index (χ0v) is 22.0. The van der Waals surface area contributed by atoms with Gasteiger partial charge in [-0.3, -0.25) is 9.59 Å². The minimum Gasteiger partial charge on any atom is -0.379 e. The Morgan fingerprint density at radius 3 is 2.30 bits per heavy atom. The van der Waals surface area contributed by atoms with E-state index in [0.29, 0.717) is 24.0 Å². The van der Waals surface area contributed by atoms with Crippen LogP contribution in [0.5, 0.6) is 0 Å². The maximum absolute atomic E-state index is 13.6. The fourth-order valence-electron chi connectivity index (χ4n) is 5.34. The smallest absolute Gasteiger partial charge is 0.379 e. The van der Waals surface area contributed by atoms with Crippen molar-refractivity contribution in [3.8, 4) is 17.2 Å². The van der Waals surface area contributed by atoms with Gasteiger partial charge >= 0.3 is 6.18 Å². The predicted octanol–water partition coefficient (Wildman–Crippen LogP) is 6.10. The van der Waals surface area contributed by atoms with Crippen LogP contribution in [0, 0.1) is 17.2 Å². The quantitative estimate of drug-likeness (QED) is 0.332. The fraction of sp³-hybridized carbons (Fsp3) is 0.323. The molecule has 0 aliphatic heterocycles. The first-order valence-corrected chi connectivity index (χ1v) is 13.1. The van der Waals surface area contributed by atoms with Gasteiger partial charge in [0.25, 0.3) is 11.8 Å². The molecule has 1 aliphatic rings. The third kappa shape index (κ3) is 6.35. The second-order valence-corrected chi connectivity index (χ2v) is 10.1. The van der Waals surface area contributed by atoms with Gasteiger partial charge in [-0.2, -0.15) is 18.4 Å². The van der Waals surface area contributed by atoms with Crippen molar-refractivity contribution in [2.75, 3.05) is 12.4 Å². The number of aliphatic hydroxyl groups is 1. The Bertz CT molecular complexity index is 1440. The number of nitrogens with one attached hydrogen (secondary N) is 2. The van der Waals surface area contributed by atoms with Crippen molar-refractivity contribution >= 4 is 17.5 Å². The Morgan fingerprint density at radius 1 is 0.975 bits per heavy atom. The summed E-state index contributed by atoms with van der Waals surface area (Å²) in [4.78, 5) is 25.7. The standard InChI is InChI=1S/C31H30F3N3O3/c1-36-28(38)23-10-6-9-22(16-23)21-8-5-7-20(15-21)18-30(40,25-11-3-2-4-12-25)29(39)37-26-14-13-24(19-35)27(17-26)31(32,33)34/h5-10,13-17,25,40H,2-4,11-12,18H2,1H3,(H,36,38)(H,37,39). The number of hydrogen-bond acceptors (Lipinski definition) is 4. The maximum Gasteiger partial charge on any atom is 0.417 e. The van der Waals surface area contributed by atoms with Crippen LogP contribution in [0.3, 0.4) is 0 Å². The summed E-state index contributed by atoms with van der Waals surface area (Å²) in [5.41, 5.74) is -1.00. The Labute approximate surface area is 230 Å². The molecule has 0 radical (unpaired) electrons. The minimum atomic E-state index is -4.78. The van der Waals surface area contributed by atoms with E-state index in [1.165, 1.54) is 12.1 Å². The van der Waals surface area contributed by atoms with E-state index < -0.39 is 28.8 Å². The van der Waals surface area contributed by atoms with Gasteiger partial charge in [0.15, 0.2) is 0 Å². The van der Waals surface area contributed by atoms with E-state index in [-0.39, 0.29) is 23.9 Å². The number of benzene rings is 3. The summed E-state index contributed by atoms with van der Waals surface area (Å²) < 4.78 is 40.5. The van der Waals surface area contributed by atoms with Gasteiger partial charge in [0, 0.05) is 24.7 Å². The molecule has 208 valence electrons. The molecule has 3 aromatic rings.